The molecule has 0 saturated heterocycles. The molecule has 3 heterocycles. The first-order chi connectivity index (χ1) is 16.0. The van der Waals surface area contributed by atoms with Gasteiger partial charge in [-0.1, -0.05) is 6.07 Å². The van der Waals surface area contributed by atoms with Crippen LogP contribution in [0.1, 0.15) is 28.1 Å². The highest BCUT2D eigenvalue weighted by atomic mass is 32.2. The van der Waals surface area contributed by atoms with Gasteiger partial charge in [-0.25, -0.2) is 4.98 Å². The van der Waals surface area contributed by atoms with Crippen molar-refractivity contribution in [2.45, 2.75) is 25.6 Å². The van der Waals surface area contributed by atoms with Crippen molar-refractivity contribution in [2.75, 3.05) is 52.0 Å². The van der Waals surface area contributed by atoms with Crippen LogP contribution in [0.3, 0.4) is 0 Å². The molecule has 0 unspecified atom stereocenters. The van der Waals surface area contributed by atoms with Gasteiger partial charge in [0.25, 0.3) is 0 Å². The molecule has 3 rings (SSSR count). The summed E-state index contributed by atoms with van der Waals surface area (Å²) in [4.78, 5) is 15.6. The van der Waals surface area contributed by atoms with E-state index in [0.717, 1.165) is 47.2 Å². The van der Waals surface area contributed by atoms with Crippen LogP contribution in [0.5, 0.6) is 5.88 Å². The van der Waals surface area contributed by atoms with E-state index in [1.165, 1.54) is 5.56 Å². The molecule has 0 bridgehead atoms. The van der Waals surface area contributed by atoms with E-state index in [2.05, 4.69) is 45.3 Å². The monoisotopic (exact) mass is 471 g/mol. The Hall–Kier alpha value is -2.62. The smallest absolute Gasteiger partial charge is 0.225 e. The first kappa shape index (κ1) is 25.0. The Balaban J connectivity index is 1.53. The molecule has 0 aliphatic rings. The van der Waals surface area contributed by atoms with E-state index in [-0.39, 0.29) is 0 Å². The molecule has 178 valence electrons. The van der Waals surface area contributed by atoms with E-state index >= 15 is 0 Å². The van der Waals surface area contributed by atoms with Gasteiger partial charge in [-0.05, 0) is 38.7 Å². The van der Waals surface area contributed by atoms with Crippen LogP contribution in [0.15, 0.2) is 41.3 Å². The zero-order valence-corrected chi connectivity index (χ0v) is 20.7. The maximum Gasteiger partial charge on any atom is 0.225 e. The number of nitrogens with one attached hydrogen (secondary N) is 1. The lowest BCUT2D eigenvalue weighted by Crippen LogP contribution is -2.12. The molecule has 0 atom stereocenters. The average Bonchev–Trinajstić information content (AvgIpc) is 3.23. The molecular formula is C24H33N5O3S. The lowest BCUT2D eigenvalue weighted by atomic mass is 10.1. The van der Waals surface area contributed by atoms with Crippen molar-refractivity contribution in [3.63, 3.8) is 0 Å². The molecule has 0 saturated carbocycles. The summed E-state index contributed by atoms with van der Waals surface area (Å²) in [6.07, 6.45) is 6.12. The van der Waals surface area contributed by atoms with Crippen LogP contribution in [-0.2, 0) is 23.5 Å². The van der Waals surface area contributed by atoms with E-state index in [4.69, 9.17) is 13.9 Å². The van der Waals surface area contributed by atoms with Crippen molar-refractivity contribution >= 4 is 17.7 Å². The minimum Gasteiger partial charge on any atom is -0.475 e. The van der Waals surface area contributed by atoms with Crippen LogP contribution in [0, 0.1) is 6.92 Å². The van der Waals surface area contributed by atoms with Crippen molar-refractivity contribution in [1.29, 1.82) is 0 Å². The lowest BCUT2D eigenvalue weighted by Gasteiger charge is -2.12. The molecule has 33 heavy (non-hydrogen) atoms. The highest BCUT2D eigenvalue weighted by molar-refractivity contribution is 7.98. The summed E-state index contributed by atoms with van der Waals surface area (Å²) in [5, 5.41) is 3.30. The largest absolute Gasteiger partial charge is 0.475 e. The molecule has 0 spiro atoms. The Labute approximate surface area is 200 Å². The second-order valence-electron chi connectivity index (χ2n) is 7.94. The standard InChI is InChI=1S/C24H33N5O3S/c1-18-5-6-19(14-26-18)13-21-15-27-24(28-23(21)32-11-10-30-4)25-8-12-33-17-22-20(7-9-31-22)16-29(2)3/h5-7,9,14-15H,8,10-13,16-17H2,1-4H3,(H,25,27,28). The first-order valence-electron chi connectivity index (χ1n) is 11.0. The molecule has 8 nitrogen and oxygen atoms in total. The quantitative estimate of drug-likeness (QED) is 0.353. The van der Waals surface area contributed by atoms with E-state index in [1.54, 1.807) is 13.4 Å². The van der Waals surface area contributed by atoms with Crippen LogP contribution in [-0.4, -0.2) is 66.6 Å². The summed E-state index contributed by atoms with van der Waals surface area (Å²) in [7, 11) is 5.77. The summed E-state index contributed by atoms with van der Waals surface area (Å²) in [6.45, 7) is 4.53. The minimum atomic E-state index is 0.431. The van der Waals surface area contributed by atoms with E-state index in [1.807, 2.05) is 43.2 Å². The van der Waals surface area contributed by atoms with Crippen molar-refractivity contribution in [1.82, 2.24) is 19.9 Å². The number of thioether (sulfide) groups is 1. The number of hydrogen-bond donors (Lipinski definition) is 1. The van der Waals surface area contributed by atoms with Gasteiger partial charge >= 0.3 is 0 Å². The van der Waals surface area contributed by atoms with E-state index < -0.39 is 0 Å². The fourth-order valence-electron chi connectivity index (χ4n) is 3.14. The Kier molecular flexibility index (Phi) is 9.99. The molecule has 0 fully saturated rings. The number of methoxy groups -OCH3 is 1. The normalized spacial score (nSPS) is 11.2. The van der Waals surface area contributed by atoms with Gasteiger partial charge in [-0.15, -0.1) is 0 Å². The molecule has 0 radical (unpaired) electrons. The molecule has 0 aromatic carbocycles. The second kappa shape index (κ2) is 13.2. The number of hydrogen-bond acceptors (Lipinski definition) is 9. The van der Waals surface area contributed by atoms with Gasteiger partial charge in [-0.2, -0.15) is 16.7 Å². The molecule has 1 N–H and O–H groups in total. The highest BCUT2D eigenvalue weighted by Gasteiger charge is 2.11. The molecule has 3 aromatic heterocycles. The maximum absolute atomic E-state index is 5.88. The second-order valence-corrected chi connectivity index (χ2v) is 9.04. The van der Waals surface area contributed by atoms with Crippen LogP contribution in [0.2, 0.25) is 0 Å². The van der Waals surface area contributed by atoms with E-state index in [0.29, 0.717) is 31.5 Å². The van der Waals surface area contributed by atoms with E-state index in [9.17, 15) is 0 Å². The van der Waals surface area contributed by atoms with Gasteiger partial charge in [0.2, 0.25) is 11.8 Å². The third-order valence-electron chi connectivity index (χ3n) is 4.81. The lowest BCUT2D eigenvalue weighted by molar-refractivity contribution is 0.143. The summed E-state index contributed by atoms with van der Waals surface area (Å²) in [5.41, 5.74) is 4.23. The summed E-state index contributed by atoms with van der Waals surface area (Å²) in [5.74, 6) is 3.91. The number of aryl methyl sites for hydroxylation is 1. The molecule has 0 aliphatic heterocycles. The van der Waals surface area contributed by atoms with Gasteiger partial charge in [0.1, 0.15) is 12.4 Å². The predicted molar refractivity (Wildman–Crippen MR) is 132 cm³/mol. The average molecular weight is 472 g/mol. The van der Waals surface area contributed by atoms with Crippen molar-refractivity contribution in [3.05, 3.63) is 65.0 Å². The van der Waals surface area contributed by atoms with Crippen LogP contribution in [0.25, 0.3) is 0 Å². The molecule has 3 aromatic rings. The number of rotatable bonds is 14. The third-order valence-corrected chi connectivity index (χ3v) is 5.76. The van der Waals surface area contributed by atoms with Crippen LogP contribution in [0.4, 0.5) is 5.95 Å². The number of aromatic nitrogens is 3. The zero-order valence-electron chi connectivity index (χ0n) is 19.8. The Morgan fingerprint density at radius 3 is 2.73 bits per heavy atom. The minimum absolute atomic E-state index is 0.431. The van der Waals surface area contributed by atoms with Crippen molar-refractivity contribution in [3.8, 4) is 5.88 Å². The van der Waals surface area contributed by atoms with Gasteiger partial charge in [0.05, 0.1) is 18.6 Å². The Morgan fingerprint density at radius 1 is 1.09 bits per heavy atom. The summed E-state index contributed by atoms with van der Waals surface area (Å²) < 4.78 is 16.6. The fourth-order valence-corrected chi connectivity index (χ4v) is 3.97. The van der Waals surface area contributed by atoms with Crippen molar-refractivity contribution < 1.29 is 13.9 Å². The highest BCUT2D eigenvalue weighted by Crippen LogP contribution is 2.21. The first-order valence-corrected chi connectivity index (χ1v) is 12.1. The number of furan rings is 1. The number of pyridine rings is 1. The van der Waals surface area contributed by atoms with Crippen molar-refractivity contribution in [2.24, 2.45) is 0 Å². The van der Waals surface area contributed by atoms with Gasteiger partial charge in [0.15, 0.2) is 0 Å². The van der Waals surface area contributed by atoms with Gasteiger partial charge in [0, 0.05) is 61.6 Å². The van der Waals surface area contributed by atoms with Crippen LogP contribution < -0.4 is 10.1 Å². The Bertz CT molecular complexity index is 978. The summed E-state index contributed by atoms with van der Waals surface area (Å²) >= 11 is 1.81. The fraction of sp³-hybridized carbons (Fsp3) is 0.458. The summed E-state index contributed by atoms with van der Waals surface area (Å²) in [6, 6.07) is 6.11. The number of anilines is 1. The molecular weight excluding hydrogens is 438 g/mol. The number of ether oxygens (including phenoxy) is 2. The maximum atomic E-state index is 5.88. The zero-order chi connectivity index (χ0) is 23.5. The predicted octanol–water partition coefficient (Wildman–Crippen LogP) is 3.80. The topological polar surface area (TPSA) is 85.5 Å². The third kappa shape index (κ3) is 8.34. The number of nitrogens with zero attached hydrogens (tertiary/aromatic N) is 4. The van der Waals surface area contributed by atoms with Gasteiger partial charge in [-0.3, -0.25) is 4.98 Å². The molecule has 9 heteroatoms. The van der Waals surface area contributed by atoms with Gasteiger partial charge < -0.3 is 24.1 Å². The SMILES string of the molecule is COCCOc1nc(NCCSCc2occc2CN(C)C)ncc1Cc1ccc(C)nc1. The van der Waals surface area contributed by atoms with Crippen LogP contribution >= 0.6 is 11.8 Å². The molecule has 0 aliphatic carbocycles. The Morgan fingerprint density at radius 2 is 1.97 bits per heavy atom. The molecule has 0 amide bonds.